The number of rotatable bonds is 6. The van der Waals surface area contributed by atoms with E-state index in [-0.39, 0.29) is 6.03 Å². The molecular formula is C18H18N4O2S. The quantitative estimate of drug-likeness (QED) is 0.713. The number of hydrogen-bond acceptors (Lipinski definition) is 5. The van der Waals surface area contributed by atoms with Crippen molar-refractivity contribution in [3.63, 3.8) is 0 Å². The normalized spacial score (nSPS) is 10.3. The standard InChI is InChI=1S/C18H18N4O2S/c1-24-15-6-4-13(5-7-15)17-9-14(21-12-22-17)10-19-18(23)20-11-16-3-2-8-25-16/h2-9,12H,10-11H2,1H3,(H2,19,20,23). The summed E-state index contributed by atoms with van der Waals surface area (Å²) in [4.78, 5) is 21.5. The molecule has 0 saturated heterocycles. The van der Waals surface area contributed by atoms with Crippen LogP contribution in [0.3, 0.4) is 0 Å². The molecule has 0 atom stereocenters. The van der Waals surface area contributed by atoms with Crippen molar-refractivity contribution in [2.75, 3.05) is 7.11 Å². The van der Waals surface area contributed by atoms with E-state index >= 15 is 0 Å². The molecule has 2 aromatic heterocycles. The van der Waals surface area contributed by atoms with Crippen LogP contribution in [0.1, 0.15) is 10.6 Å². The lowest BCUT2D eigenvalue weighted by Gasteiger charge is -2.08. The van der Waals surface area contributed by atoms with E-state index in [0.717, 1.165) is 27.6 Å². The van der Waals surface area contributed by atoms with Crippen molar-refractivity contribution in [3.05, 3.63) is 64.7 Å². The Bertz CT molecular complexity index is 819. The zero-order chi connectivity index (χ0) is 17.5. The molecule has 0 aliphatic carbocycles. The lowest BCUT2D eigenvalue weighted by molar-refractivity contribution is 0.240. The fourth-order valence-electron chi connectivity index (χ4n) is 2.23. The molecule has 3 rings (SSSR count). The Kier molecular flexibility index (Phi) is 5.58. The number of methoxy groups -OCH3 is 1. The molecule has 0 unspecified atom stereocenters. The van der Waals surface area contributed by atoms with E-state index in [0.29, 0.717) is 13.1 Å². The summed E-state index contributed by atoms with van der Waals surface area (Å²) in [5.74, 6) is 0.794. The van der Waals surface area contributed by atoms with Crippen LogP contribution in [0, 0.1) is 0 Å². The summed E-state index contributed by atoms with van der Waals surface area (Å²) < 4.78 is 5.16. The van der Waals surface area contributed by atoms with E-state index in [1.54, 1.807) is 18.4 Å². The number of amides is 2. The second kappa shape index (κ2) is 8.25. The number of hydrogen-bond donors (Lipinski definition) is 2. The zero-order valence-electron chi connectivity index (χ0n) is 13.7. The maximum absolute atomic E-state index is 11.9. The van der Waals surface area contributed by atoms with Gasteiger partial charge in [-0.05, 0) is 41.8 Å². The summed E-state index contributed by atoms with van der Waals surface area (Å²) in [7, 11) is 1.63. The van der Waals surface area contributed by atoms with Crippen molar-refractivity contribution in [1.29, 1.82) is 0 Å². The third-order valence-electron chi connectivity index (χ3n) is 3.54. The molecule has 2 N–H and O–H groups in total. The molecule has 25 heavy (non-hydrogen) atoms. The van der Waals surface area contributed by atoms with Crippen molar-refractivity contribution in [1.82, 2.24) is 20.6 Å². The number of carbonyl (C=O) groups excluding carboxylic acids is 1. The first-order valence-electron chi connectivity index (χ1n) is 7.74. The highest BCUT2D eigenvalue weighted by Gasteiger charge is 2.05. The Balaban J connectivity index is 1.56. The van der Waals surface area contributed by atoms with Gasteiger partial charge in [0.25, 0.3) is 0 Å². The lowest BCUT2D eigenvalue weighted by atomic mass is 10.1. The van der Waals surface area contributed by atoms with Crippen molar-refractivity contribution < 1.29 is 9.53 Å². The fourth-order valence-corrected chi connectivity index (χ4v) is 2.87. The van der Waals surface area contributed by atoms with E-state index in [9.17, 15) is 4.79 Å². The van der Waals surface area contributed by atoms with E-state index in [2.05, 4.69) is 20.6 Å². The van der Waals surface area contributed by atoms with E-state index in [1.165, 1.54) is 6.33 Å². The molecule has 7 heteroatoms. The van der Waals surface area contributed by atoms with Crippen molar-refractivity contribution >= 4 is 17.4 Å². The Morgan fingerprint density at radius 1 is 1.12 bits per heavy atom. The summed E-state index contributed by atoms with van der Waals surface area (Å²) in [6.45, 7) is 0.853. The van der Waals surface area contributed by atoms with Crippen molar-refractivity contribution in [2.24, 2.45) is 0 Å². The highest BCUT2D eigenvalue weighted by molar-refractivity contribution is 7.09. The molecule has 0 fully saturated rings. The zero-order valence-corrected chi connectivity index (χ0v) is 14.5. The number of aromatic nitrogens is 2. The number of nitrogens with one attached hydrogen (secondary N) is 2. The largest absolute Gasteiger partial charge is 0.497 e. The Hall–Kier alpha value is -2.93. The van der Waals surface area contributed by atoms with Crippen molar-refractivity contribution in [3.8, 4) is 17.0 Å². The molecule has 0 bridgehead atoms. The minimum Gasteiger partial charge on any atom is -0.497 e. The Morgan fingerprint density at radius 3 is 2.64 bits per heavy atom. The van der Waals surface area contributed by atoms with Gasteiger partial charge >= 0.3 is 6.03 Å². The molecule has 2 amide bonds. The number of benzene rings is 1. The SMILES string of the molecule is COc1ccc(-c2cc(CNC(=O)NCc3cccs3)ncn2)cc1. The summed E-state index contributed by atoms with van der Waals surface area (Å²) in [6.07, 6.45) is 1.50. The van der Waals surface area contributed by atoms with Gasteiger partial charge in [-0.25, -0.2) is 14.8 Å². The topological polar surface area (TPSA) is 76.1 Å². The van der Waals surface area contributed by atoms with E-state index < -0.39 is 0 Å². The molecule has 0 saturated carbocycles. The minimum atomic E-state index is -0.224. The predicted molar refractivity (Wildman–Crippen MR) is 97.4 cm³/mol. The van der Waals surface area contributed by atoms with Gasteiger partial charge in [-0.3, -0.25) is 0 Å². The third kappa shape index (κ3) is 4.77. The van der Waals surface area contributed by atoms with E-state index in [1.807, 2.05) is 47.8 Å². The van der Waals surface area contributed by atoms with Gasteiger partial charge in [0.15, 0.2) is 0 Å². The summed E-state index contributed by atoms with van der Waals surface area (Å²) >= 11 is 1.61. The Labute approximate surface area is 149 Å². The summed E-state index contributed by atoms with van der Waals surface area (Å²) in [5.41, 5.74) is 2.51. The fraction of sp³-hybridized carbons (Fsp3) is 0.167. The predicted octanol–water partition coefficient (Wildman–Crippen LogP) is 3.21. The van der Waals surface area contributed by atoms with Gasteiger partial charge in [0.2, 0.25) is 0 Å². The number of carbonyl (C=O) groups is 1. The highest BCUT2D eigenvalue weighted by Crippen LogP contribution is 2.20. The van der Waals surface area contributed by atoms with Crippen LogP contribution in [-0.4, -0.2) is 23.1 Å². The van der Waals surface area contributed by atoms with Gasteiger partial charge < -0.3 is 15.4 Å². The number of ether oxygens (including phenoxy) is 1. The maximum Gasteiger partial charge on any atom is 0.315 e. The summed E-state index contributed by atoms with van der Waals surface area (Å²) in [6, 6.07) is 13.2. The molecule has 0 aliphatic rings. The first-order chi connectivity index (χ1) is 12.2. The monoisotopic (exact) mass is 354 g/mol. The molecule has 0 aliphatic heterocycles. The third-order valence-corrected chi connectivity index (χ3v) is 4.42. The molecule has 3 aromatic rings. The van der Waals surface area contributed by atoms with Crippen LogP contribution >= 0.6 is 11.3 Å². The van der Waals surface area contributed by atoms with Crippen LogP contribution in [0.25, 0.3) is 11.3 Å². The minimum absolute atomic E-state index is 0.224. The average molecular weight is 354 g/mol. The molecular weight excluding hydrogens is 336 g/mol. The molecule has 0 spiro atoms. The Morgan fingerprint density at radius 2 is 1.92 bits per heavy atom. The van der Waals surface area contributed by atoms with Crippen LogP contribution in [0.15, 0.2) is 54.2 Å². The van der Waals surface area contributed by atoms with Crippen LogP contribution in [-0.2, 0) is 13.1 Å². The lowest BCUT2D eigenvalue weighted by Crippen LogP contribution is -2.34. The van der Waals surface area contributed by atoms with Crippen LogP contribution in [0.5, 0.6) is 5.75 Å². The van der Waals surface area contributed by atoms with Crippen LogP contribution < -0.4 is 15.4 Å². The summed E-state index contributed by atoms with van der Waals surface area (Å²) in [5, 5.41) is 7.60. The second-order valence-corrected chi connectivity index (χ2v) is 6.27. The van der Waals surface area contributed by atoms with Gasteiger partial charge in [0, 0.05) is 10.4 Å². The number of thiophene rings is 1. The molecule has 2 heterocycles. The number of urea groups is 1. The molecule has 128 valence electrons. The van der Waals surface area contributed by atoms with Gasteiger partial charge in [-0.15, -0.1) is 11.3 Å². The smallest absolute Gasteiger partial charge is 0.315 e. The van der Waals surface area contributed by atoms with Gasteiger partial charge in [0.05, 0.1) is 31.6 Å². The van der Waals surface area contributed by atoms with Gasteiger partial charge in [-0.2, -0.15) is 0 Å². The van der Waals surface area contributed by atoms with Gasteiger partial charge in [0.1, 0.15) is 12.1 Å². The highest BCUT2D eigenvalue weighted by atomic mass is 32.1. The van der Waals surface area contributed by atoms with Crippen LogP contribution in [0.2, 0.25) is 0 Å². The average Bonchev–Trinajstić information content (AvgIpc) is 3.19. The molecule has 6 nitrogen and oxygen atoms in total. The second-order valence-electron chi connectivity index (χ2n) is 5.24. The molecule has 0 radical (unpaired) electrons. The van der Waals surface area contributed by atoms with Crippen LogP contribution in [0.4, 0.5) is 4.79 Å². The maximum atomic E-state index is 11.9. The first-order valence-corrected chi connectivity index (χ1v) is 8.62. The number of nitrogens with zero attached hydrogens (tertiary/aromatic N) is 2. The van der Waals surface area contributed by atoms with Gasteiger partial charge in [-0.1, -0.05) is 6.07 Å². The van der Waals surface area contributed by atoms with E-state index in [4.69, 9.17) is 4.74 Å². The first kappa shape index (κ1) is 16.9. The van der Waals surface area contributed by atoms with Crippen molar-refractivity contribution in [2.45, 2.75) is 13.1 Å². The molecule has 1 aromatic carbocycles.